The van der Waals surface area contributed by atoms with Gasteiger partial charge in [-0.3, -0.25) is 4.99 Å². The number of nitrogens with one attached hydrogen (secondary N) is 2. The summed E-state index contributed by atoms with van der Waals surface area (Å²) in [5.41, 5.74) is 2.16. The van der Waals surface area contributed by atoms with Gasteiger partial charge < -0.3 is 20.1 Å². The molecular formula is C20H25F2N3O2. The van der Waals surface area contributed by atoms with Crippen LogP contribution >= 0.6 is 0 Å². The van der Waals surface area contributed by atoms with Gasteiger partial charge in [-0.1, -0.05) is 12.1 Å². The van der Waals surface area contributed by atoms with Gasteiger partial charge in [-0.15, -0.1) is 0 Å². The van der Waals surface area contributed by atoms with Crippen LogP contribution in [0.5, 0.6) is 5.75 Å². The highest BCUT2D eigenvalue weighted by Gasteiger charge is 2.11. The molecule has 7 heteroatoms. The molecule has 146 valence electrons. The first-order valence-electron chi connectivity index (χ1n) is 8.55. The van der Waals surface area contributed by atoms with Gasteiger partial charge in [0.25, 0.3) is 0 Å². The summed E-state index contributed by atoms with van der Waals surface area (Å²) in [4.78, 5) is 4.18. The van der Waals surface area contributed by atoms with Crippen molar-refractivity contribution >= 4 is 5.96 Å². The Morgan fingerprint density at radius 1 is 1.11 bits per heavy atom. The monoisotopic (exact) mass is 377 g/mol. The number of hydrogen-bond donors (Lipinski definition) is 2. The van der Waals surface area contributed by atoms with Gasteiger partial charge in [0.1, 0.15) is 5.82 Å². The lowest BCUT2D eigenvalue weighted by Gasteiger charge is -2.19. The first kappa shape index (κ1) is 20.6. The van der Waals surface area contributed by atoms with E-state index >= 15 is 0 Å². The molecule has 0 aliphatic carbocycles. The molecule has 1 unspecified atom stereocenters. The molecular weight excluding hydrogens is 352 g/mol. The summed E-state index contributed by atoms with van der Waals surface area (Å²) < 4.78 is 37.5. The van der Waals surface area contributed by atoms with E-state index in [2.05, 4.69) is 15.6 Å². The number of ether oxygens (including phenoxy) is 2. The number of hydrogen-bond acceptors (Lipinski definition) is 3. The lowest BCUT2D eigenvalue weighted by molar-refractivity contribution is 0.181. The van der Waals surface area contributed by atoms with Crippen LogP contribution < -0.4 is 15.4 Å². The summed E-state index contributed by atoms with van der Waals surface area (Å²) in [7, 11) is 4.61. The van der Waals surface area contributed by atoms with Crippen molar-refractivity contribution in [1.82, 2.24) is 10.6 Å². The van der Waals surface area contributed by atoms with Crippen LogP contribution in [0.2, 0.25) is 0 Å². The molecule has 0 aliphatic rings. The maximum atomic E-state index is 13.9. The molecule has 5 nitrogen and oxygen atoms in total. The van der Waals surface area contributed by atoms with E-state index < -0.39 is 5.82 Å². The third-order valence-electron chi connectivity index (χ3n) is 4.12. The van der Waals surface area contributed by atoms with Crippen LogP contribution in [0.4, 0.5) is 8.78 Å². The quantitative estimate of drug-likeness (QED) is 0.572. The van der Waals surface area contributed by atoms with E-state index in [9.17, 15) is 8.78 Å². The lowest BCUT2D eigenvalue weighted by Crippen LogP contribution is -2.38. The van der Waals surface area contributed by atoms with Crippen LogP contribution in [0.15, 0.2) is 41.4 Å². The number of nitrogens with zero attached hydrogens (tertiary/aromatic N) is 1. The lowest BCUT2D eigenvalue weighted by atomic mass is 10.1. The molecule has 0 amide bonds. The Morgan fingerprint density at radius 2 is 1.89 bits per heavy atom. The normalized spacial score (nSPS) is 12.6. The third kappa shape index (κ3) is 5.65. The minimum atomic E-state index is -0.413. The van der Waals surface area contributed by atoms with Gasteiger partial charge in [-0.05, 0) is 42.3 Å². The van der Waals surface area contributed by atoms with Crippen LogP contribution in [0.25, 0.3) is 0 Å². The summed E-state index contributed by atoms with van der Waals surface area (Å²) in [5.74, 6) is 0.0508. The maximum Gasteiger partial charge on any atom is 0.191 e. The zero-order valence-electron chi connectivity index (χ0n) is 16.0. The fourth-order valence-corrected chi connectivity index (χ4v) is 2.62. The van der Waals surface area contributed by atoms with Crippen molar-refractivity contribution in [3.05, 3.63) is 64.7 Å². The van der Waals surface area contributed by atoms with Gasteiger partial charge in [0.05, 0.1) is 19.8 Å². The van der Waals surface area contributed by atoms with Crippen LogP contribution in [0.1, 0.15) is 29.7 Å². The molecule has 0 spiro atoms. The average molecular weight is 377 g/mol. The molecule has 0 radical (unpaired) electrons. The van der Waals surface area contributed by atoms with Crippen molar-refractivity contribution in [1.29, 1.82) is 0 Å². The Bertz CT molecular complexity index is 797. The molecule has 0 bridgehead atoms. The summed E-state index contributed by atoms with van der Waals surface area (Å²) in [5, 5.41) is 6.37. The summed E-state index contributed by atoms with van der Waals surface area (Å²) >= 11 is 0. The zero-order chi connectivity index (χ0) is 19.8. The molecule has 0 heterocycles. The highest BCUT2D eigenvalue weighted by atomic mass is 19.1. The number of methoxy groups -OCH3 is 2. The van der Waals surface area contributed by atoms with E-state index in [1.165, 1.54) is 26.4 Å². The molecule has 1 atom stereocenters. The molecule has 0 aromatic heterocycles. The van der Waals surface area contributed by atoms with E-state index in [0.29, 0.717) is 18.1 Å². The first-order valence-corrected chi connectivity index (χ1v) is 8.55. The molecule has 2 N–H and O–H groups in total. The minimum Gasteiger partial charge on any atom is -0.494 e. The summed E-state index contributed by atoms with van der Waals surface area (Å²) in [6.45, 7) is 2.58. The molecule has 0 aliphatic heterocycles. The molecule has 2 aromatic rings. The zero-order valence-corrected chi connectivity index (χ0v) is 16.0. The van der Waals surface area contributed by atoms with E-state index in [0.717, 1.165) is 11.1 Å². The van der Waals surface area contributed by atoms with Gasteiger partial charge in [0.15, 0.2) is 17.5 Å². The van der Waals surface area contributed by atoms with E-state index in [-0.39, 0.29) is 24.2 Å². The van der Waals surface area contributed by atoms with Gasteiger partial charge in [-0.2, -0.15) is 0 Å². The van der Waals surface area contributed by atoms with Crippen molar-refractivity contribution in [2.45, 2.75) is 26.1 Å². The second kappa shape index (κ2) is 9.87. The van der Waals surface area contributed by atoms with Crippen LogP contribution in [0.3, 0.4) is 0 Å². The maximum absolute atomic E-state index is 13.9. The van der Waals surface area contributed by atoms with Gasteiger partial charge in [-0.25, -0.2) is 8.78 Å². The second-order valence-corrected chi connectivity index (χ2v) is 6.04. The van der Waals surface area contributed by atoms with E-state index in [1.54, 1.807) is 31.3 Å². The number of aliphatic imine (C=N–C) groups is 1. The highest BCUT2D eigenvalue weighted by molar-refractivity contribution is 5.80. The predicted octanol–water partition coefficient (Wildman–Crippen LogP) is 3.55. The molecule has 27 heavy (non-hydrogen) atoms. The first-order chi connectivity index (χ1) is 13.0. The van der Waals surface area contributed by atoms with Gasteiger partial charge >= 0.3 is 0 Å². The second-order valence-electron chi connectivity index (χ2n) is 6.04. The topological polar surface area (TPSA) is 54.9 Å². The molecule has 0 saturated heterocycles. The van der Waals surface area contributed by atoms with Gasteiger partial charge in [0, 0.05) is 26.3 Å². The third-order valence-corrected chi connectivity index (χ3v) is 4.12. The standard InChI is InChI=1S/C20H25F2N3O2/c1-13(15-6-8-19(27-4)18(22)10-15)25-20(23-2)24-11-14-5-7-17(21)16(9-14)12-26-3/h5-10,13H,11-12H2,1-4H3,(H2,23,24,25). The van der Waals surface area contributed by atoms with Crippen molar-refractivity contribution in [2.24, 2.45) is 4.99 Å². The smallest absolute Gasteiger partial charge is 0.191 e. The molecule has 0 saturated carbocycles. The van der Waals surface area contributed by atoms with E-state index in [1.807, 2.05) is 6.92 Å². The molecule has 2 rings (SSSR count). The fraction of sp³-hybridized carbons (Fsp3) is 0.350. The largest absolute Gasteiger partial charge is 0.494 e. The van der Waals surface area contributed by atoms with Crippen LogP contribution in [-0.2, 0) is 17.9 Å². The number of rotatable bonds is 7. The minimum absolute atomic E-state index is 0.172. The van der Waals surface area contributed by atoms with Crippen LogP contribution in [-0.4, -0.2) is 27.2 Å². The number of guanidine groups is 1. The SMILES string of the molecule is CN=C(NCc1ccc(F)c(COC)c1)NC(C)c1ccc(OC)c(F)c1. The average Bonchev–Trinajstić information content (AvgIpc) is 2.67. The Balaban J connectivity index is 1.99. The van der Waals surface area contributed by atoms with E-state index in [4.69, 9.17) is 9.47 Å². The molecule has 2 aromatic carbocycles. The van der Waals surface area contributed by atoms with Crippen molar-refractivity contribution in [2.75, 3.05) is 21.3 Å². The predicted molar refractivity (Wildman–Crippen MR) is 102 cm³/mol. The van der Waals surface area contributed by atoms with Gasteiger partial charge in [0.2, 0.25) is 0 Å². The van der Waals surface area contributed by atoms with Crippen molar-refractivity contribution in [3.63, 3.8) is 0 Å². The Morgan fingerprint density at radius 3 is 2.52 bits per heavy atom. The highest BCUT2D eigenvalue weighted by Crippen LogP contribution is 2.21. The van der Waals surface area contributed by atoms with Crippen molar-refractivity contribution in [3.8, 4) is 5.75 Å². The Kier molecular flexibility index (Phi) is 7.55. The Labute approximate surface area is 158 Å². The molecule has 0 fully saturated rings. The van der Waals surface area contributed by atoms with Crippen LogP contribution in [0, 0.1) is 11.6 Å². The Hall–Kier alpha value is -2.67. The summed E-state index contributed by atoms with van der Waals surface area (Å²) in [6.07, 6.45) is 0. The van der Waals surface area contributed by atoms with Crippen molar-refractivity contribution < 1.29 is 18.3 Å². The fourth-order valence-electron chi connectivity index (χ4n) is 2.62. The number of halogens is 2. The summed E-state index contributed by atoms with van der Waals surface area (Å²) in [6, 6.07) is 9.52. The number of benzene rings is 2.